The lowest BCUT2D eigenvalue weighted by Gasteiger charge is -2.24. The molecule has 1 aromatic rings. The van der Waals surface area contributed by atoms with Crippen LogP contribution in [0.15, 0.2) is 24.3 Å². The largest absolute Gasteiger partial charge is 0.375 e. The molecule has 0 bridgehead atoms. The Hall–Kier alpha value is -0.810. The molecule has 0 aliphatic rings. The maximum atomic E-state index is 11.8. The quantitative estimate of drug-likeness (QED) is 0.718. The molecule has 0 radical (unpaired) electrons. The number of hydrogen-bond donors (Lipinski definition) is 2. The Morgan fingerprint density at radius 1 is 1.33 bits per heavy atom. The highest BCUT2D eigenvalue weighted by Gasteiger charge is 2.20. The molecule has 0 saturated heterocycles. The average Bonchev–Trinajstić information content (AvgIpc) is 2.42. The number of hydrogen-bond acceptors (Lipinski definition) is 3. The topological polar surface area (TPSA) is 50.4 Å². The van der Waals surface area contributed by atoms with E-state index in [0.29, 0.717) is 11.4 Å². The summed E-state index contributed by atoms with van der Waals surface area (Å²) >= 11 is 5.88. The normalized spacial score (nSPS) is 13.1. The van der Waals surface area contributed by atoms with Gasteiger partial charge in [0.25, 0.3) is 0 Å². The van der Waals surface area contributed by atoms with Crippen molar-refractivity contribution < 1.29 is 9.53 Å². The van der Waals surface area contributed by atoms with E-state index in [1.165, 1.54) is 0 Å². The molecular formula is C15H24Cl2N2O2. The Balaban J connectivity index is 0.00000400. The van der Waals surface area contributed by atoms with Gasteiger partial charge in [-0.2, -0.15) is 0 Å². The minimum absolute atomic E-state index is 0. The summed E-state index contributed by atoms with van der Waals surface area (Å²) in [4.78, 5) is 11.8. The summed E-state index contributed by atoms with van der Waals surface area (Å²) in [6.45, 7) is 2.78. The Bertz CT molecular complexity index is 413. The summed E-state index contributed by atoms with van der Waals surface area (Å²) in [5, 5.41) is 6.69. The first-order valence-electron chi connectivity index (χ1n) is 6.80. The fraction of sp³-hybridized carbons (Fsp3) is 0.533. The Morgan fingerprint density at radius 2 is 1.95 bits per heavy atom. The minimum atomic E-state index is -0.180. The monoisotopic (exact) mass is 334 g/mol. The highest BCUT2D eigenvalue weighted by Crippen LogP contribution is 2.22. The maximum absolute atomic E-state index is 11.8. The van der Waals surface area contributed by atoms with Crippen molar-refractivity contribution >= 4 is 29.9 Å². The van der Waals surface area contributed by atoms with Crippen LogP contribution in [-0.2, 0) is 9.53 Å². The van der Waals surface area contributed by atoms with E-state index in [-0.39, 0.29) is 30.5 Å². The fourth-order valence-corrected chi connectivity index (χ4v) is 2.23. The number of amides is 1. The highest BCUT2D eigenvalue weighted by atomic mass is 35.5. The van der Waals surface area contributed by atoms with E-state index in [4.69, 9.17) is 16.3 Å². The fourth-order valence-electron chi connectivity index (χ4n) is 2.11. The van der Waals surface area contributed by atoms with Gasteiger partial charge in [-0.15, -0.1) is 12.4 Å². The smallest absolute Gasteiger partial charge is 0.220 e. The number of rotatable bonds is 8. The van der Waals surface area contributed by atoms with Gasteiger partial charge in [-0.3, -0.25) is 4.79 Å². The van der Waals surface area contributed by atoms with E-state index >= 15 is 0 Å². The number of carbonyl (C=O) groups is 1. The molecule has 6 heteroatoms. The molecule has 0 spiro atoms. The molecule has 1 aromatic carbocycles. The van der Waals surface area contributed by atoms with E-state index in [9.17, 15) is 4.79 Å². The summed E-state index contributed by atoms with van der Waals surface area (Å²) in [5.41, 5.74) is 1.000. The SMILES string of the molecule is CNCCCC(=O)NC(C)C(OC)c1ccc(Cl)cc1.Cl. The third kappa shape index (κ3) is 7.14. The van der Waals surface area contributed by atoms with Gasteiger partial charge in [0.2, 0.25) is 5.91 Å². The Kier molecular flexibility index (Phi) is 10.4. The van der Waals surface area contributed by atoms with Crippen molar-refractivity contribution in [2.45, 2.75) is 31.9 Å². The molecule has 1 amide bonds. The zero-order chi connectivity index (χ0) is 15.0. The minimum Gasteiger partial charge on any atom is -0.375 e. The highest BCUT2D eigenvalue weighted by molar-refractivity contribution is 6.30. The molecule has 0 aromatic heterocycles. The van der Waals surface area contributed by atoms with E-state index in [2.05, 4.69) is 10.6 Å². The Labute approximate surface area is 138 Å². The van der Waals surface area contributed by atoms with Crippen LogP contribution < -0.4 is 10.6 Å². The Morgan fingerprint density at radius 3 is 2.48 bits per heavy atom. The van der Waals surface area contributed by atoms with Gasteiger partial charge in [0.05, 0.1) is 6.04 Å². The van der Waals surface area contributed by atoms with Crippen molar-refractivity contribution in [1.29, 1.82) is 0 Å². The molecule has 0 heterocycles. The van der Waals surface area contributed by atoms with Gasteiger partial charge in [0.1, 0.15) is 6.10 Å². The zero-order valence-corrected chi connectivity index (χ0v) is 14.3. The molecule has 4 nitrogen and oxygen atoms in total. The van der Waals surface area contributed by atoms with Gasteiger partial charge in [-0.05, 0) is 44.6 Å². The molecule has 0 aliphatic carbocycles. The lowest BCUT2D eigenvalue weighted by molar-refractivity contribution is -0.122. The summed E-state index contributed by atoms with van der Waals surface area (Å²) in [6.07, 6.45) is 1.16. The second-order valence-electron chi connectivity index (χ2n) is 4.77. The lowest BCUT2D eigenvalue weighted by atomic mass is 10.0. The average molecular weight is 335 g/mol. The van der Waals surface area contributed by atoms with Crippen LogP contribution >= 0.6 is 24.0 Å². The van der Waals surface area contributed by atoms with Gasteiger partial charge in [-0.1, -0.05) is 23.7 Å². The van der Waals surface area contributed by atoms with Crippen molar-refractivity contribution in [2.24, 2.45) is 0 Å². The third-order valence-electron chi connectivity index (χ3n) is 3.13. The predicted octanol–water partition coefficient (Wildman–Crippen LogP) is 2.95. The molecule has 2 unspecified atom stereocenters. The molecule has 1 rings (SSSR count). The van der Waals surface area contributed by atoms with Gasteiger partial charge in [0.15, 0.2) is 0 Å². The van der Waals surface area contributed by atoms with Crippen molar-refractivity contribution in [3.05, 3.63) is 34.9 Å². The molecule has 2 N–H and O–H groups in total. The van der Waals surface area contributed by atoms with Crippen LogP contribution in [-0.4, -0.2) is 32.7 Å². The molecule has 2 atom stereocenters. The van der Waals surface area contributed by atoms with E-state index in [1.54, 1.807) is 7.11 Å². The van der Waals surface area contributed by atoms with Crippen molar-refractivity contribution in [3.63, 3.8) is 0 Å². The maximum Gasteiger partial charge on any atom is 0.220 e. The summed E-state index contributed by atoms with van der Waals surface area (Å²) in [6, 6.07) is 7.39. The zero-order valence-electron chi connectivity index (χ0n) is 12.7. The first-order chi connectivity index (χ1) is 9.58. The van der Waals surface area contributed by atoms with Crippen LogP contribution in [0.3, 0.4) is 0 Å². The predicted molar refractivity (Wildman–Crippen MR) is 89.2 cm³/mol. The summed E-state index contributed by atoms with van der Waals surface area (Å²) in [5.74, 6) is 0.0452. The molecule has 0 fully saturated rings. The number of nitrogens with one attached hydrogen (secondary N) is 2. The molecule has 120 valence electrons. The van der Waals surface area contributed by atoms with Crippen LogP contribution in [0.4, 0.5) is 0 Å². The first-order valence-corrected chi connectivity index (χ1v) is 7.18. The van der Waals surface area contributed by atoms with Gasteiger partial charge < -0.3 is 15.4 Å². The van der Waals surface area contributed by atoms with Crippen LogP contribution in [0.25, 0.3) is 0 Å². The molecule has 21 heavy (non-hydrogen) atoms. The van der Waals surface area contributed by atoms with Crippen molar-refractivity contribution in [2.75, 3.05) is 20.7 Å². The van der Waals surface area contributed by atoms with E-state index < -0.39 is 0 Å². The van der Waals surface area contributed by atoms with Crippen LogP contribution in [0, 0.1) is 0 Å². The number of benzene rings is 1. The van der Waals surface area contributed by atoms with Crippen molar-refractivity contribution in [3.8, 4) is 0 Å². The van der Waals surface area contributed by atoms with Crippen LogP contribution in [0.5, 0.6) is 0 Å². The summed E-state index contributed by atoms with van der Waals surface area (Å²) < 4.78 is 5.49. The molecule has 0 aliphatic heterocycles. The number of halogens is 2. The second kappa shape index (κ2) is 10.9. The lowest BCUT2D eigenvalue weighted by Crippen LogP contribution is -2.37. The van der Waals surface area contributed by atoms with Gasteiger partial charge in [0, 0.05) is 18.6 Å². The number of ether oxygens (including phenoxy) is 1. The van der Waals surface area contributed by atoms with Gasteiger partial charge >= 0.3 is 0 Å². The van der Waals surface area contributed by atoms with E-state index in [0.717, 1.165) is 18.5 Å². The molecule has 0 saturated carbocycles. The summed E-state index contributed by atoms with van der Waals surface area (Å²) in [7, 11) is 3.52. The van der Waals surface area contributed by atoms with Crippen LogP contribution in [0.1, 0.15) is 31.4 Å². The standard InChI is InChI=1S/C15H23ClN2O2.ClH/c1-11(18-14(19)5-4-10-17-2)15(20-3)12-6-8-13(16)9-7-12;/h6-9,11,15,17H,4-5,10H2,1-3H3,(H,18,19);1H. The second-order valence-corrected chi connectivity index (χ2v) is 5.21. The molecular weight excluding hydrogens is 311 g/mol. The van der Waals surface area contributed by atoms with Crippen molar-refractivity contribution in [1.82, 2.24) is 10.6 Å². The van der Waals surface area contributed by atoms with E-state index in [1.807, 2.05) is 38.2 Å². The van der Waals surface area contributed by atoms with Crippen LogP contribution in [0.2, 0.25) is 5.02 Å². The number of methoxy groups -OCH3 is 1. The number of carbonyl (C=O) groups excluding carboxylic acids is 1. The van der Waals surface area contributed by atoms with Gasteiger partial charge in [-0.25, -0.2) is 0 Å². The first kappa shape index (κ1) is 20.2. The third-order valence-corrected chi connectivity index (χ3v) is 3.38.